The average Bonchev–Trinajstić information content (AvgIpc) is 2.45. The highest BCUT2D eigenvalue weighted by atomic mass is 19.1. The lowest BCUT2D eigenvalue weighted by Gasteiger charge is -2.07. The fourth-order valence-electron chi connectivity index (χ4n) is 1.74. The molecule has 2 rings (SSSR count). The molecule has 0 heterocycles. The molecule has 0 aliphatic carbocycles. The van der Waals surface area contributed by atoms with Crippen LogP contribution in [0.25, 0.3) is 0 Å². The largest absolute Gasteiger partial charge is 0.366 e. The minimum atomic E-state index is -0.920. The van der Waals surface area contributed by atoms with Crippen molar-refractivity contribution in [1.29, 1.82) is 0 Å². The van der Waals surface area contributed by atoms with Gasteiger partial charge in [0.25, 0.3) is 5.91 Å². The van der Waals surface area contributed by atoms with Gasteiger partial charge >= 0.3 is 0 Å². The summed E-state index contributed by atoms with van der Waals surface area (Å²) < 4.78 is 26.2. The van der Waals surface area contributed by atoms with Crippen LogP contribution in [-0.4, -0.2) is 11.8 Å². The monoisotopic (exact) mass is 290 g/mol. The number of hydrogen-bond acceptors (Lipinski definition) is 2. The van der Waals surface area contributed by atoms with Crippen LogP contribution in [0.15, 0.2) is 42.5 Å². The first-order chi connectivity index (χ1) is 9.97. The second kappa shape index (κ2) is 6.13. The lowest BCUT2D eigenvalue weighted by Crippen LogP contribution is -2.24. The van der Waals surface area contributed by atoms with E-state index in [0.717, 1.165) is 17.7 Å². The predicted molar refractivity (Wildman–Crippen MR) is 72.5 cm³/mol. The van der Waals surface area contributed by atoms with Gasteiger partial charge in [0.15, 0.2) is 0 Å². The van der Waals surface area contributed by atoms with E-state index < -0.39 is 23.4 Å². The summed E-state index contributed by atoms with van der Waals surface area (Å²) in [5.74, 6) is -2.85. The Balaban J connectivity index is 2.02. The lowest BCUT2D eigenvalue weighted by atomic mass is 10.1. The van der Waals surface area contributed by atoms with Crippen molar-refractivity contribution < 1.29 is 18.4 Å². The zero-order chi connectivity index (χ0) is 15.4. The number of carbonyl (C=O) groups is 2. The minimum absolute atomic E-state index is 0.148. The van der Waals surface area contributed by atoms with Gasteiger partial charge in [0.05, 0.1) is 5.56 Å². The molecule has 2 aromatic rings. The number of rotatable bonds is 4. The molecule has 0 unspecified atom stereocenters. The molecular formula is C15H12F2N2O2. The number of halogens is 2. The van der Waals surface area contributed by atoms with Gasteiger partial charge < -0.3 is 11.1 Å². The summed E-state index contributed by atoms with van der Waals surface area (Å²) in [5.41, 5.74) is 5.95. The van der Waals surface area contributed by atoms with E-state index in [1.807, 2.05) is 0 Å². The summed E-state index contributed by atoms with van der Waals surface area (Å²) in [6, 6.07) is 9.06. The summed E-state index contributed by atoms with van der Waals surface area (Å²) in [6.45, 7) is 0.148. The molecule has 6 heteroatoms. The Morgan fingerprint density at radius 1 is 1.05 bits per heavy atom. The maximum atomic E-state index is 13.4. The Morgan fingerprint density at radius 2 is 1.71 bits per heavy atom. The summed E-state index contributed by atoms with van der Waals surface area (Å²) >= 11 is 0. The molecule has 0 saturated carbocycles. The van der Waals surface area contributed by atoms with E-state index in [4.69, 9.17) is 5.73 Å². The van der Waals surface area contributed by atoms with Crippen LogP contribution in [0.4, 0.5) is 8.78 Å². The third kappa shape index (κ3) is 3.62. The Hall–Kier alpha value is -2.76. The highest BCUT2D eigenvalue weighted by Gasteiger charge is 2.12. The predicted octanol–water partition coefficient (Wildman–Crippen LogP) is 1.99. The van der Waals surface area contributed by atoms with E-state index in [9.17, 15) is 18.4 Å². The number of hydrogen-bond donors (Lipinski definition) is 2. The Bertz CT molecular complexity index is 685. The van der Waals surface area contributed by atoms with Crippen molar-refractivity contribution in [3.8, 4) is 0 Å². The molecule has 4 nitrogen and oxygen atoms in total. The fourth-order valence-corrected chi connectivity index (χ4v) is 1.74. The highest BCUT2D eigenvalue weighted by Crippen LogP contribution is 2.10. The quantitative estimate of drug-likeness (QED) is 0.904. The number of benzene rings is 2. The van der Waals surface area contributed by atoms with Crippen LogP contribution in [0, 0.1) is 11.6 Å². The number of amides is 2. The number of primary amides is 1. The first-order valence-electron chi connectivity index (χ1n) is 6.09. The molecule has 0 fully saturated rings. The van der Waals surface area contributed by atoms with Crippen molar-refractivity contribution in [1.82, 2.24) is 5.32 Å². The second-order valence-electron chi connectivity index (χ2n) is 4.37. The highest BCUT2D eigenvalue weighted by molar-refractivity contribution is 5.94. The second-order valence-corrected chi connectivity index (χ2v) is 4.37. The van der Waals surface area contributed by atoms with Gasteiger partial charge in [0, 0.05) is 18.2 Å². The van der Waals surface area contributed by atoms with Gasteiger partial charge in [-0.1, -0.05) is 12.1 Å². The van der Waals surface area contributed by atoms with Gasteiger partial charge in [0.2, 0.25) is 5.91 Å². The van der Waals surface area contributed by atoms with Crippen molar-refractivity contribution >= 4 is 11.8 Å². The maximum Gasteiger partial charge on any atom is 0.254 e. The Kier molecular flexibility index (Phi) is 4.27. The normalized spacial score (nSPS) is 10.2. The number of nitrogens with one attached hydrogen (secondary N) is 1. The first-order valence-corrected chi connectivity index (χ1v) is 6.09. The maximum absolute atomic E-state index is 13.4. The van der Waals surface area contributed by atoms with Crippen LogP contribution in [0.3, 0.4) is 0 Å². The van der Waals surface area contributed by atoms with Crippen LogP contribution < -0.4 is 11.1 Å². The van der Waals surface area contributed by atoms with Crippen molar-refractivity contribution in [3.63, 3.8) is 0 Å². The van der Waals surface area contributed by atoms with Crippen LogP contribution in [-0.2, 0) is 6.54 Å². The Morgan fingerprint density at radius 3 is 2.29 bits per heavy atom. The van der Waals surface area contributed by atoms with Crippen LogP contribution in [0.1, 0.15) is 26.3 Å². The Labute approximate surface area is 119 Å². The molecule has 3 N–H and O–H groups in total. The first kappa shape index (κ1) is 14.6. The minimum Gasteiger partial charge on any atom is -0.366 e. The SMILES string of the molecule is NC(=O)c1ccc(CNC(=O)c2ccc(F)cc2F)cc1. The molecule has 108 valence electrons. The third-order valence-electron chi connectivity index (χ3n) is 2.87. The van der Waals surface area contributed by atoms with Crippen LogP contribution in [0.5, 0.6) is 0 Å². The molecule has 0 spiro atoms. The van der Waals surface area contributed by atoms with Gasteiger partial charge in [-0.3, -0.25) is 9.59 Å². The van der Waals surface area contributed by atoms with E-state index in [-0.39, 0.29) is 12.1 Å². The topological polar surface area (TPSA) is 72.2 Å². The van der Waals surface area contributed by atoms with E-state index in [1.165, 1.54) is 12.1 Å². The number of nitrogens with two attached hydrogens (primary N) is 1. The van der Waals surface area contributed by atoms with E-state index >= 15 is 0 Å². The molecule has 2 aromatic carbocycles. The zero-order valence-corrected chi connectivity index (χ0v) is 10.9. The summed E-state index contributed by atoms with van der Waals surface area (Å²) in [5, 5.41) is 2.51. The summed E-state index contributed by atoms with van der Waals surface area (Å²) in [4.78, 5) is 22.7. The standard InChI is InChI=1S/C15H12F2N2O2/c16-11-5-6-12(13(17)7-11)15(21)19-8-9-1-3-10(4-2-9)14(18)20/h1-7H,8H2,(H2,18,20)(H,19,21). The molecule has 0 bridgehead atoms. The van der Waals surface area contributed by atoms with Gasteiger partial charge in [-0.05, 0) is 29.8 Å². The van der Waals surface area contributed by atoms with Crippen LogP contribution >= 0.6 is 0 Å². The fraction of sp³-hybridized carbons (Fsp3) is 0.0667. The molecular weight excluding hydrogens is 278 g/mol. The average molecular weight is 290 g/mol. The van der Waals surface area contributed by atoms with Gasteiger partial charge in [-0.2, -0.15) is 0 Å². The molecule has 0 aromatic heterocycles. The van der Waals surface area contributed by atoms with Gasteiger partial charge in [-0.25, -0.2) is 8.78 Å². The smallest absolute Gasteiger partial charge is 0.254 e. The van der Waals surface area contributed by atoms with E-state index in [1.54, 1.807) is 12.1 Å². The van der Waals surface area contributed by atoms with Crippen molar-refractivity contribution in [2.45, 2.75) is 6.54 Å². The summed E-state index contributed by atoms with van der Waals surface area (Å²) in [6.07, 6.45) is 0. The lowest BCUT2D eigenvalue weighted by molar-refractivity contribution is 0.0945. The molecule has 0 aliphatic rings. The zero-order valence-electron chi connectivity index (χ0n) is 10.9. The van der Waals surface area contributed by atoms with Crippen molar-refractivity contribution in [2.24, 2.45) is 5.73 Å². The molecule has 0 saturated heterocycles. The molecule has 0 atom stereocenters. The molecule has 0 radical (unpaired) electrons. The molecule has 2 amide bonds. The molecule has 21 heavy (non-hydrogen) atoms. The molecule has 0 aliphatic heterocycles. The third-order valence-corrected chi connectivity index (χ3v) is 2.87. The summed E-state index contributed by atoms with van der Waals surface area (Å²) in [7, 11) is 0. The van der Waals surface area contributed by atoms with Crippen molar-refractivity contribution in [3.05, 3.63) is 70.8 Å². The number of carbonyl (C=O) groups excluding carboxylic acids is 2. The van der Waals surface area contributed by atoms with E-state index in [2.05, 4.69) is 5.32 Å². The van der Waals surface area contributed by atoms with Gasteiger partial charge in [-0.15, -0.1) is 0 Å². The van der Waals surface area contributed by atoms with Crippen molar-refractivity contribution in [2.75, 3.05) is 0 Å². The van der Waals surface area contributed by atoms with Gasteiger partial charge in [0.1, 0.15) is 11.6 Å². The van der Waals surface area contributed by atoms with E-state index in [0.29, 0.717) is 11.6 Å². The van der Waals surface area contributed by atoms with Crippen LogP contribution in [0.2, 0.25) is 0 Å².